The van der Waals surface area contributed by atoms with Gasteiger partial charge in [0.05, 0.1) is 0 Å². The van der Waals surface area contributed by atoms with E-state index in [1.807, 2.05) is 69.3 Å². The van der Waals surface area contributed by atoms with Crippen molar-refractivity contribution in [2.45, 2.75) is 39.3 Å². The van der Waals surface area contributed by atoms with Crippen molar-refractivity contribution in [3.05, 3.63) is 78.0 Å². The van der Waals surface area contributed by atoms with E-state index in [1.54, 1.807) is 6.07 Å². The Morgan fingerprint density at radius 1 is 0.929 bits per heavy atom. The van der Waals surface area contributed by atoms with Crippen LogP contribution in [0.4, 0.5) is 5.82 Å². The highest BCUT2D eigenvalue weighted by atomic mass is 16.2. The summed E-state index contributed by atoms with van der Waals surface area (Å²) in [6, 6.07) is 21.5. The van der Waals surface area contributed by atoms with Crippen molar-refractivity contribution in [1.29, 1.82) is 0 Å². The van der Waals surface area contributed by atoms with Gasteiger partial charge in [-0.3, -0.25) is 4.79 Å². The molecule has 0 bridgehead atoms. The molecule has 0 saturated carbocycles. The van der Waals surface area contributed by atoms with Crippen molar-refractivity contribution < 1.29 is 4.79 Å². The Morgan fingerprint density at radius 2 is 1.54 bits per heavy atom. The van der Waals surface area contributed by atoms with E-state index in [-0.39, 0.29) is 17.5 Å². The van der Waals surface area contributed by atoms with Crippen LogP contribution >= 0.6 is 0 Å². The van der Waals surface area contributed by atoms with Crippen molar-refractivity contribution in [3.8, 4) is 11.4 Å². The Balaban J connectivity index is 1.96. The van der Waals surface area contributed by atoms with Gasteiger partial charge in [-0.15, -0.1) is 0 Å². The van der Waals surface area contributed by atoms with E-state index in [1.165, 1.54) is 0 Å². The lowest BCUT2D eigenvalue weighted by Gasteiger charge is -2.21. The highest BCUT2D eigenvalue weighted by Gasteiger charge is 2.19. The Bertz CT molecular complexity index is 934. The van der Waals surface area contributed by atoms with E-state index in [0.717, 1.165) is 11.1 Å². The fourth-order valence-corrected chi connectivity index (χ4v) is 2.81. The molecular weight excluding hydrogens is 348 g/mol. The summed E-state index contributed by atoms with van der Waals surface area (Å²) in [5.41, 5.74) is 2.00. The highest BCUT2D eigenvalue weighted by Crippen LogP contribution is 2.22. The topological polar surface area (TPSA) is 66.9 Å². The molecule has 0 aliphatic rings. The number of benzene rings is 2. The molecule has 0 aliphatic heterocycles. The molecule has 2 aromatic carbocycles. The third-order valence-corrected chi connectivity index (χ3v) is 4.14. The maximum atomic E-state index is 12.7. The van der Waals surface area contributed by atoms with Gasteiger partial charge in [0.1, 0.15) is 11.5 Å². The summed E-state index contributed by atoms with van der Waals surface area (Å²) in [7, 11) is 0. The first-order valence-electron chi connectivity index (χ1n) is 9.40. The summed E-state index contributed by atoms with van der Waals surface area (Å²) >= 11 is 0. The summed E-state index contributed by atoms with van der Waals surface area (Å²) < 4.78 is 0. The first kappa shape index (κ1) is 19.5. The lowest BCUT2D eigenvalue weighted by atomic mass is 10.1. The molecule has 5 nitrogen and oxygen atoms in total. The predicted molar refractivity (Wildman–Crippen MR) is 113 cm³/mol. The molecule has 3 aromatic rings. The lowest BCUT2D eigenvalue weighted by molar-refractivity contribution is 0.0914. The summed E-state index contributed by atoms with van der Waals surface area (Å²) in [5.74, 6) is 0.914. The molecule has 0 aliphatic carbocycles. The van der Waals surface area contributed by atoms with E-state index in [2.05, 4.69) is 39.7 Å². The maximum absolute atomic E-state index is 12.7. The van der Waals surface area contributed by atoms with Crippen molar-refractivity contribution >= 4 is 11.7 Å². The van der Waals surface area contributed by atoms with Gasteiger partial charge in [0, 0.05) is 23.2 Å². The van der Waals surface area contributed by atoms with Gasteiger partial charge in [-0.1, -0.05) is 60.7 Å². The fourth-order valence-electron chi connectivity index (χ4n) is 2.81. The van der Waals surface area contributed by atoms with Crippen LogP contribution in [0.3, 0.4) is 0 Å². The molecular formula is C23H26N4O. The summed E-state index contributed by atoms with van der Waals surface area (Å²) in [6.07, 6.45) is 0. The number of aromatic nitrogens is 2. The van der Waals surface area contributed by atoms with Gasteiger partial charge in [-0.05, 0) is 33.3 Å². The average molecular weight is 374 g/mol. The summed E-state index contributed by atoms with van der Waals surface area (Å²) in [6.45, 7) is 7.90. The first-order chi connectivity index (χ1) is 13.3. The monoisotopic (exact) mass is 374 g/mol. The van der Waals surface area contributed by atoms with Crippen LogP contribution in [0.15, 0.2) is 66.7 Å². The van der Waals surface area contributed by atoms with E-state index in [0.29, 0.717) is 17.3 Å². The number of nitrogens with one attached hydrogen (secondary N) is 2. The molecule has 1 heterocycles. The van der Waals surface area contributed by atoms with Crippen LogP contribution in [-0.4, -0.2) is 21.4 Å². The largest absolute Gasteiger partial charge is 0.363 e. The average Bonchev–Trinajstić information content (AvgIpc) is 2.68. The number of hydrogen-bond acceptors (Lipinski definition) is 4. The fraction of sp³-hybridized carbons (Fsp3) is 0.261. The molecule has 0 radical (unpaired) electrons. The SMILES string of the molecule is CC(Nc1cc(C(=O)NC(C)(C)C)nc(-c2ccccc2)n1)c1ccccc1. The lowest BCUT2D eigenvalue weighted by Crippen LogP contribution is -2.41. The Hall–Kier alpha value is -3.21. The second-order valence-electron chi connectivity index (χ2n) is 7.81. The minimum atomic E-state index is -0.347. The highest BCUT2D eigenvalue weighted by molar-refractivity contribution is 5.93. The number of amides is 1. The summed E-state index contributed by atoms with van der Waals surface area (Å²) in [5, 5.41) is 6.36. The Kier molecular flexibility index (Phi) is 5.73. The minimum absolute atomic E-state index is 0.0400. The molecule has 3 rings (SSSR count). The Labute approximate surface area is 166 Å². The van der Waals surface area contributed by atoms with Crippen LogP contribution in [0.5, 0.6) is 0 Å². The van der Waals surface area contributed by atoms with Gasteiger partial charge in [0.15, 0.2) is 5.82 Å². The molecule has 0 saturated heterocycles. The standard InChI is InChI=1S/C23H26N4O/c1-16(17-11-7-5-8-12-17)24-20-15-19(22(28)27-23(2,3)4)25-21(26-20)18-13-9-6-10-14-18/h5-16H,1-4H3,(H,27,28)(H,24,25,26). The zero-order chi connectivity index (χ0) is 20.1. The quantitative estimate of drug-likeness (QED) is 0.670. The minimum Gasteiger partial charge on any atom is -0.363 e. The van der Waals surface area contributed by atoms with Gasteiger partial charge in [0.25, 0.3) is 5.91 Å². The molecule has 0 spiro atoms. The van der Waals surface area contributed by atoms with Crippen LogP contribution in [0.25, 0.3) is 11.4 Å². The number of hydrogen-bond donors (Lipinski definition) is 2. The number of anilines is 1. The number of carbonyl (C=O) groups excluding carboxylic acids is 1. The molecule has 144 valence electrons. The Morgan fingerprint density at radius 3 is 2.14 bits per heavy atom. The van der Waals surface area contributed by atoms with Crippen molar-refractivity contribution in [2.24, 2.45) is 0 Å². The van der Waals surface area contributed by atoms with E-state index in [4.69, 9.17) is 0 Å². The van der Waals surface area contributed by atoms with Crippen LogP contribution < -0.4 is 10.6 Å². The van der Waals surface area contributed by atoms with Gasteiger partial charge in [-0.2, -0.15) is 0 Å². The molecule has 1 atom stereocenters. The van der Waals surface area contributed by atoms with E-state index >= 15 is 0 Å². The molecule has 1 aromatic heterocycles. The smallest absolute Gasteiger partial charge is 0.270 e. The second-order valence-corrected chi connectivity index (χ2v) is 7.81. The molecule has 0 fully saturated rings. The number of nitrogens with zero attached hydrogens (tertiary/aromatic N) is 2. The number of rotatable bonds is 5. The van der Waals surface area contributed by atoms with Crippen molar-refractivity contribution in [3.63, 3.8) is 0 Å². The van der Waals surface area contributed by atoms with Gasteiger partial charge in [-0.25, -0.2) is 9.97 Å². The first-order valence-corrected chi connectivity index (χ1v) is 9.40. The number of carbonyl (C=O) groups is 1. The zero-order valence-corrected chi connectivity index (χ0v) is 16.7. The van der Waals surface area contributed by atoms with Gasteiger partial charge in [0.2, 0.25) is 0 Å². The van der Waals surface area contributed by atoms with Crippen LogP contribution in [0, 0.1) is 0 Å². The summed E-state index contributed by atoms with van der Waals surface area (Å²) in [4.78, 5) is 21.9. The maximum Gasteiger partial charge on any atom is 0.270 e. The van der Waals surface area contributed by atoms with E-state index in [9.17, 15) is 4.79 Å². The van der Waals surface area contributed by atoms with Gasteiger partial charge >= 0.3 is 0 Å². The van der Waals surface area contributed by atoms with Crippen LogP contribution in [0.1, 0.15) is 49.8 Å². The zero-order valence-electron chi connectivity index (χ0n) is 16.7. The van der Waals surface area contributed by atoms with Crippen molar-refractivity contribution in [1.82, 2.24) is 15.3 Å². The third-order valence-electron chi connectivity index (χ3n) is 4.14. The molecule has 2 N–H and O–H groups in total. The molecule has 1 amide bonds. The molecule has 1 unspecified atom stereocenters. The van der Waals surface area contributed by atoms with Gasteiger partial charge < -0.3 is 10.6 Å². The molecule has 28 heavy (non-hydrogen) atoms. The van der Waals surface area contributed by atoms with Crippen molar-refractivity contribution in [2.75, 3.05) is 5.32 Å². The van der Waals surface area contributed by atoms with E-state index < -0.39 is 0 Å². The molecule has 5 heteroatoms. The normalized spacial score (nSPS) is 12.3. The third kappa shape index (κ3) is 5.16. The predicted octanol–water partition coefficient (Wildman–Crippen LogP) is 4.85. The van der Waals surface area contributed by atoms with Crippen LogP contribution in [-0.2, 0) is 0 Å². The second kappa shape index (κ2) is 8.21. The van der Waals surface area contributed by atoms with Crippen LogP contribution in [0.2, 0.25) is 0 Å².